The summed E-state index contributed by atoms with van der Waals surface area (Å²) in [7, 11) is 0. The molecule has 0 radical (unpaired) electrons. The number of alkyl halides is 3. The van der Waals surface area contributed by atoms with Crippen LogP contribution in [0.15, 0.2) is 48.5 Å². The number of hydrogen-bond acceptors (Lipinski definition) is 2. The fourth-order valence-electron chi connectivity index (χ4n) is 2.02. The maximum absolute atomic E-state index is 12.8. The van der Waals surface area contributed by atoms with Gasteiger partial charge in [-0.3, -0.25) is 4.79 Å². The van der Waals surface area contributed by atoms with Gasteiger partial charge in [0.25, 0.3) is 0 Å². The summed E-state index contributed by atoms with van der Waals surface area (Å²) in [6.45, 7) is 1.40. The van der Waals surface area contributed by atoms with Crippen molar-refractivity contribution in [3.8, 4) is 0 Å². The van der Waals surface area contributed by atoms with E-state index >= 15 is 0 Å². The standard InChI is InChI=1S/C17H15ClF3N3O2/c1-10(22-16(26)24-11-5-3-2-4-6-11)15(25)23-12-7-8-14(18)13(9-12)17(19,20)21/h2-10H,1H3,(H,23,25)(H2,22,24,26). The van der Waals surface area contributed by atoms with Crippen LogP contribution in [-0.2, 0) is 11.0 Å². The molecule has 0 spiro atoms. The van der Waals surface area contributed by atoms with Gasteiger partial charge in [-0.25, -0.2) is 4.79 Å². The van der Waals surface area contributed by atoms with Gasteiger partial charge in [-0.2, -0.15) is 13.2 Å². The highest BCUT2D eigenvalue weighted by molar-refractivity contribution is 6.31. The summed E-state index contributed by atoms with van der Waals surface area (Å²) in [5.74, 6) is -0.677. The Balaban J connectivity index is 1.98. The number of amides is 3. The van der Waals surface area contributed by atoms with Gasteiger partial charge in [0.2, 0.25) is 5.91 Å². The van der Waals surface area contributed by atoms with Gasteiger partial charge in [0.1, 0.15) is 6.04 Å². The Morgan fingerprint density at radius 1 is 1.00 bits per heavy atom. The Morgan fingerprint density at radius 3 is 2.27 bits per heavy atom. The van der Waals surface area contributed by atoms with Crippen LogP contribution in [0.2, 0.25) is 5.02 Å². The molecule has 0 aliphatic rings. The molecule has 1 atom stereocenters. The summed E-state index contributed by atoms with van der Waals surface area (Å²) in [4.78, 5) is 23.9. The first-order valence-electron chi connectivity index (χ1n) is 7.47. The van der Waals surface area contributed by atoms with E-state index in [1.807, 2.05) is 0 Å². The van der Waals surface area contributed by atoms with E-state index in [1.54, 1.807) is 30.3 Å². The van der Waals surface area contributed by atoms with E-state index in [-0.39, 0.29) is 5.69 Å². The third-order valence-electron chi connectivity index (χ3n) is 3.31. The molecule has 2 rings (SSSR count). The van der Waals surface area contributed by atoms with Crippen LogP contribution in [0.1, 0.15) is 12.5 Å². The molecule has 5 nitrogen and oxygen atoms in total. The Labute approximate surface area is 152 Å². The van der Waals surface area contributed by atoms with E-state index in [0.29, 0.717) is 5.69 Å². The summed E-state index contributed by atoms with van der Waals surface area (Å²) in [6, 6.07) is 9.97. The van der Waals surface area contributed by atoms with Crippen molar-refractivity contribution in [1.82, 2.24) is 5.32 Å². The molecule has 0 bridgehead atoms. The van der Waals surface area contributed by atoms with Crippen LogP contribution in [0.3, 0.4) is 0 Å². The topological polar surface area (TPSA) is 70.2 Å². The minimum absolute atomic E-state index is 0.0798. The minimum atomic E-state index is -4.64. The maximum Gasteiger partial charge on any atom is 0.417 e. The smallest absolute Gasteiger partial charge is 0.326 e. The first-order chi connectivity index (χ1) is 12.2. The number of para-hydroxylation sites is 1. The fourth-order valence-corrected chi connectivity index (χ4v) is 2.25. The second-order valence-electron chi connectivity index (χ2n) is 5.37. The van der Waals surface area contributed by atoms with Crippen molar-refractivity contribution in [2.75, 3.05) is 10.6 Å². The zero-order valence-electron chi connectivity index (χ0n) is 13.5. The molecule has 2 aromatic carbocycles. The van der Waals surface area contributed by atoms with Crippen LogP contribution >= 0.6 is 11.6 Å². The predicted molar refractivity (Wildman–Crippen MR) is 93.1 cm³/mol. The van der Waals surface area contributed by atoms with Crippen LogP contribution in [-0.4, -0.2) is 18.0 Å². The lowest BCUT2D eigenvalue weighted by Crippen LogP contribution is -2.43. The van der Waals surface area contributed by atoms with Crippen molar-refractivity contribution in [3.05, 3.63) is 59.1 Å². The summed E-state index contributed by atoms with van der Waals surface area (Å²) < 4.78 is 38.5. The van der Waals surface area contributed by atoms with Gasteiger partial charge in [-0.1, -0.05) is 29.8 Å². The second kappa shape index (κ2) is 8.09. The van der Waals surface area contributed by atoms with Gasteiger partial charge in [-0.05, 0) is 37.3 Å². The lowest BCUT2D eigenvalue weighted by atomic mass is 10.2. The molecule has 0 saturated heterocycles. The SMILES string of the molecule is CC(NC(=O)Nc1ccccc1)C(=O)Nc1ccc(Cl)c(C(F)(F)F)c1. The summed E-state index contributed by atoms with van der Waals surface area (Å²) in [5.41, 5.74) is -0.603. The van der Waals surface area contributed by atoms with Crippen molar-refractivity contribution in [2.45, 2.75) is 19.1 Å². The molecule has 0 fully saturated rings. The summed E-state index contributed by atoms with van der Waals surface area (Å²) >= 11 is 5.53. The average molecular weight is 386 g/mol. The van der Waals surface area contributed by atoms with Gasteiger partial charge in [-0.15, -0.1) is 0 Å². The molecule has 0 aliphatic carbocycles. The summed E-state index contributed by atoms with van der Waals surface area (Å²) in [5, 5.41) is 6.77. The van der Waals surface area contributed by atoms with Crippen molar-refractivity contribution in [2.24, 2.45) is 0 Å². The van der Waals surface area contributed by atoms with Crippen LogP contribution < -0.4 is 16.0 Å². The third kappa shape index (κ3) is 5.38. The number of benzene rings is 2. The average Bonchev–Trinajstić information content (AvgIpc) is 2.56. The zero-order valence-corrected chi connectivity index (χ0v) is 14.3. The zero-order chi connectivity index (χ0) is 19.3. The first-order valence-corrected chi connectivity index (χ1v) is 7.85. The number of halogens is 4. The van der Waals surface area contributed by atoms with Gasteiger partial charge < -0.3 is 16.0 Å². The van der Waals surface area contributed by atoms with Gasteiger partial charge in [0.15, 0.2) is 0 Å². The van der Waals surface area contributed by atoms with E-state index < -0.39 is 34.7 Å². The Morgan fingerprint density at radius 2 is 1.65 bits per heavy atom. The number of hydrogen-bond donors (Lipinski definition) is 3. The monoisotopic (exact) mass is 385 g/mol. The quantitative estimate of drug-likeness (QED) is 0.724. The van der Waals surface area contributed by atoms with Crippen LogP contribution in [0.4, 0.5) is 29.3 Å². The number of anilines is 2. The normalized spacial score (nSPS) is 12.2. The lowest BCUT2D eigenvalue weighted by Gasteiger charge is -2.16. The van der Waals surface area contributed by atoms with E-state index in [0.717, 1.165) is 12.1 Å². The Kier molecular flexibility index (Phi) is 6.10. The number of carbonyl (C=O) groups is 2. The van der Waals surface area contributed by atoms with Crippen molar-refractivity contribution in [1.29, 1.82) is 0 Å². The van der Waals surface area contributed by atoms with Crippen LogP contribution in [0.25, 0.3) is 0 Å². The van der Waals surface area contributed by atoms with Gasteiger partial charge in [0, 0.05) is 11.4 Å². The van der Waals surface area contributed by atoms with Crippen LogP contribution in [0.5, 0.6) is 0 Å². The predicted octanol–water partition coefficient (Wildman–Crippen LogP) is 4.51. The Bertz CT molecular complexity index is 798. The first kappa shape index (κ1) is 19.6. The number of nitrogens with one attached hydrogen (secondary N) is 3. The highest BCUT2D eigenvalue weighted by atomic mass is 35.5. The van der Waals surface area contributed by atoms with Crippen molar-refractivity contribution >= 4 is 34.9 Å². The fraction of sp³-hybridized carbons (Fsp3) is 0.176. The minimum Gasteiger partial charge on any atom is -0.326 e. The molecule has 138 valence electrons. The highest BCUT2D eigenvalue weighted by Gasteiger charge is 2.33. The van der Waals surface area contributed by atoms with E-state index in [9.17, 15) is 22.8 Å². The van der Waals surface area contributed by atoms with E-state index in [2.05, 4.69) is 16.0 Å². The van der Waals surface area contributed by atoms with Crippen molar-refractivity contribution in [3.63, 3.8) is 0 Å². The third-order valence-corrected chi connectivity index (χ3v) is 3.64. The highest BCUT2D eigenvalue weighted by Crippen LogP contribution is 2.36. The van der Waals surface area contributed by atoms with Crippen molar-refractivity contribution < 1.29 is 22.8 Å². The molecule has 3 N–H and O–H groups in total. The van der Waals surface area contributed by atoms with Gasteiger partial charge >= 0.3 is 12.2 Å². The molecule has 0 aromatic heterocycles. The summed E-state index contributed by atoms with van der Waals surface area (Å²) in [6.07, 6.45) is -4.64. The largest absolute Gasteiger partial charge is 0.417 e. The molecule has 0 heterocycles. The molecule has 3 amide bonds. The van der Waals surface area contributed by atoms with Crippen LogP contribution in [0, 0.1) is 0 Å². The molecule has 0 saturated carbocycles. The molecular weight excluding hydrogens is 371 g/mol. The molecule has 26 heavy (non-hydrogen) atoms. The molecule has 2 aromatic rings. The van der Waals surface area contributed by atoms with E-state index in [4.69, 9.17) is 11.6 Å². The van der Waals surface area contributed by atoms with Gasteiger partial charge in [0.05, 0.1) is 10.6 Å². The molecule has 0 aliphatic heterocycles. The maximum atomic E-state index is 12.8. The number of carbonyl (C=O) groups excluding carboxylic acids is 2. The molecule has 9 heteroatoms. The molecular formula is C17H15ClF3N3O2. The second-order valence-corrected chi connectivity index (χ2v) is 5.78. The molecule has 1 unspecified atom stereocenters. The number of urea groups is 1. The Hall–Kier alpha value is -2.74. The lowest BCUT2D eigenvalue weighted by molar-refractivity contribution is -0.137. The number of rotatable bonds is 4. The van der Waals surface area contributed by atoms with E-state index in [1.165, 1.54) is 13.0 Å².